The van der Waals surface area contributed by atoms with Crippen LogP contribution in [-0.4, -0.2) is 13.2 Å². The topological polar surface area (TPSA) is 38.7 Å². The molecular weight excluding hydrogens is 221 g/mol. The maximum atomic E-state index is 13.5. The monoisotopic (exact) mass is 235 g/mol. The summed E-state index contributed by atoms with van der Waals surface area (Å²) < 4.78 is 18.4. The number of hydrogen-bond acceptors (Lipinski definition) is 3. The van der Waals surface area contributed by atoms with Gasteiger partial charge in [0.15, 0.2) is 0 Å². The number of benzene rings is 1. The first-order chi connectivity index (χ1) is 8.22. The Balaban J connectivity index is 2.38. The van der Waals surface area contributed by atoms with Crippen LogP contribution in [0.4, 0.5) is 4.39 Å². The number of ether oxygens (including phenoxy) is 1. The SMILES string of the molecule is COCc1cc(C2(N=C=O)CCC2)ccc1F. The van der Waals surface area contributed by atoms with E-state index in [9.17, 15) is 9.18 Å². The average molecular weight is 235 g/mol. The van der Waals surface area contributed by atoms with Gasteiger partial charge < -0.3 is 4.74 Å². The van der Waals surface area contributed by atoms with Gasteiger partial charge in [0, 0.05) is 12.7 Å². The van der Waals surface area contributed by atoms with Gasteiger partial charge in [0.2, 0.25) is 6.08 Å². The van der Waals surface area contributed by atoms with Gasteiger partial charge in [-0.25, -0.2) is 9.18 Å². The van der Waals surface area contributed by atoms with Gasteiger partial charge in [0.25, 0.3) is 0 Å². The summed E-state index contributed by atoms with van der Waals surface area (Å²) >= 11 is 0. The van der Waals surface area contributed by atoms with Crippen molar-refractivity contribution in [3.63, 3.8) is 0 Å². The minimum absolute atomic E-state index is 0.223. The quantitative estimate of drug-likeness (QED) is 0.594. The average Bonchev–Trinajstić information content (AvgIpc) is 2.27. The van der Waals surface area contributed by atoms with Crippen LogP contribution in [0, 0.1) is 5.82 Å². The zero-order chi connectivity index (χ0) is 12.3. The fraction of sp³-hybridized carbons (Fsp3) is 0.462. The molecule has 0 unspecified atom stereocenters. The Morgan fingerprint density at radius 2 is 2.29 bits per heavy atom. The number of carbonyl (C=O) groups excluding carboxylic acids is 1. The van der Waals surface area contributed by atoms with Crippen molar-refractivity contribution < 1.29 is 13.9 Å². The van der Waals surface area contributed by atoms with Crippen LogP contribution in [0.5, 0.6) is 0 Å². The van der Waals surface area contributed by atoms with E-state index < -0.39 is 5.54 Å². The van der Waals surface area contributed by atoms with E-state index in [1.54, 1.807) is 18.2 Å². The van der Waals surface area contributed by atoms with E-state index in [0.717, 1.165) is 24.8 Å². The van der Waals surface area contributed by atoms with Crippen LogP contribution in [0.1, 0.15) is 30.4 Å². The fourth-order valence-electron chi connectivity index (χ4n) is 2.19. The Hall–Kier alpha value is -1.51. The summed E-state index contributed by atoms with van der Waals surface area (Å²) in [6.45, 7) is 0.223. The molecule has 1 saturated carbocycles. The summed E-state index contributed by atoms with van der Waals surface area (Å²) in [5.41, 5.74) is 0.899. The van der Waals surface area contributed by atoms with Crippen LogP contribution in [0.15, 0.2) is 23.2 Å². The first-order valence-corrected chi connectivity index (χ1v) is 5.59. The molecule has 0 aromatic heterocycles. The molecule has 4 heteroatoms. The van der Waals surface area contributed by atoms with Crippen LogP contribution in [0.3, 0.4) is 0 Å². The molecule has 17 heavy (non-hydrogen) atoms. The third kappa shape index (κ3) is 2.14. The Bertz CT molecular complexity index is 462. The molecule has 1 aromatic carbocycles. The van der Waals surface area contributed by atoms with E-state index >= 15 is 0 Å². The highest BCUT2D eigenvalue weighted by Crippen LogP contribution is 2.45. The lowest BCUT2D eigenvalue weighted by atomic mass is 9.72. The molecule has 90 valence electrons. The minimum atomic E-state index is -0.474. The number of aliphatic imine (C=N–C) groups is 1. The van der Waals surface area contributed by atoms with Crippen molar-refractivity contribution >= 4 is 6.08 Å². The van der Waals surface area contributed by atoms with Crippen molar-refractivity contribution in [3.05, 3.63) is 35.1 Å². The molecule has 1 aromatic rings. The first-order valence-electron chi connectivity index (χ1n) is 5.59. The van der Waals surface area contributed by atoms with Crippen LogP contribution < -0.4 is 0 Å². The molecule has 0 atom stereocenters. The summed E-state index contributed by atoms with van der Waals surface area (Å²) in [6.07, 6.45) is 4.29. The van der Waals surface area contributed by atoms with Crippen LogP contribution in [0.25, 0.3) is 0 Å². The summed E-state index contributed by atoms with van der Waals surface area (Å²) in [4.78, 5) is 14.4. The van der Waals surface area contributed by atoms with Crippen LogP contribution in [-0.2, 0) is 21.7 Å². The standard InChI is InChI=1S/C13H14FNO2/c1-17-8-10-7-11(3-4-12(10)14)13(15-9-16)5-2-6-13/h3-4,7H,2,5-6,8H2,1H3. The smallest absolute Gasteiger partial charge is 0.235 e. The van der Waals surface area contributed by atoms with Gasteiger partial charge in [-0.1, -0.05) is 6.07 Å². The molecule has 0 bridgehead atoms. The molecule has 3 nitrogen and oxygen atoms in total. The van der Waals surface area contributed by atoms with Crippen LogP contribution in [0.2, 0.25) is 0 Å². The molecule has 0 amide bonds. The predicted molar refractivity (Wildman–Crippen MR) is 60.8 cm³/mol. The third-order valence-corrected chi connectivity index (χ3v) is 3.32. The highest BCUT2D eigenvalue weighted by Gasteiger charge is 2.39. The highest BCUT2D eigenvalue weighted by molar-refractivity contribution is 5.40. The number of hydrogen-bond donors (Lipinski definition) is 0. The molecule has 0 N–H and O–H groups in total. The van der Waals surface area contributed by atoms with Crippen molar-refractivity contribution in [2.45, 2.75) is 31.4 Å². The van der Waals surface area contributed by atoms with Crippen molar-refractivity contribution in [3.8, 4) is 0 Å². The third-order valence-electron chi connectivity index (χ3n) is 3.32. The molecule has 0 spiro atoms. The summed E-state index contributed by atoms with van der Waals surface area (Å²) in [6, 6.07) is 4.83. The Morgan fingerprint density at radius 3 is 2.82 bits per heavy atom. The van der Waals surface area contributed by atoms with Crippen LogP contribution >= 0.6 is 0 Å². The van der Waals surface area contributed by atoms with Gasteiger partial charge >= 0.3 is 0 Å². The zero-order valence-corrected chi connectivity index (χ0v) is 9.70. The number of rotatable bonds is 4. The van der Waals surface area contributed by atoms with Gasteiger partial charge in [-0.2, -0.15) is 4.99 Å². The number of methoxy groups -OCH3 is 1. The summed E-state index contributed by atoms with van der Waals surface area (Å²) in [5.74, 6) is -0.292. The van der Waals surface area contributed by atoms with Crippen molar-refractivity contribution in [1.29, 1.82) is 0 Å². The number of nitrogens with zero attached hydrogens (tertiary/aromatic N) is 1. The second kappa shape index (κ2) is 4.78. The van der Waals surface area contributed by atoms with Gasteiger partial charge in [-0.05, 0) is 37.0 Å². The number of halogens is 1. The zero-order valence-electron chi connectivity index (χ0n) is 9.70. The lowest BCUT2D eigenvalue weighted by Gasteiger charge is -2.37. The van der Waals surface area contributed by atoms with Gasteiger partial charge in [-0.3, -0.25) is 0 Å². The highest BCUT2D eigenvalue weighted by atomic mass is 19.1. The number of isocyanates is 1. The molecule has 1 aliphatic carbocycles. The second-order valence-corrected chi connectivity index (χ2v) is 4.33. The van der Waals surface area contributed by atoms with E-state index in [1.807, 2.05) is 0 Å². The molecule has 1 aliphatic rings. The second-order valence-electron chi connectivity index (χ2n) is 4.33. The van der Waals surface area contributed by atoms with E-state index in [1.165, 1.54) is 13.2 Å². The van der Waals surface area contributed by atoms with Crippen molar-refractivity contribution in [2.24, 2.45) is 4.99 Å². The largest absolute Gasteiger partial charge is 0.380 e. The summed E-state index contributed by atoms with van der Waals surface area (Å²) in [7, 11) is 1.52. The lowest BCUT2D eigenvalue weighted by molar-refractivity contribution is 0.180. The Labute approximate surface area is 99.3 Å². The van der Waals surface area contributed by atoms with E-state index in [2.05, 4.69) is 4.99 Å². The molecule has 0 aliphatic heterocycles. The Morgan fingerprint density at radius 1 is 1.53 bits per heavy atom. The molecule has 0 radical (unpaired) electrons. The Kier molecular flexibility index (Phi) is 3.36. The molecular formula is C13H14FNO2. The molecule has 0 saturated heterocycles. The van der Waals surface area contributed by atoms with E-state index in [0.29, 0.717) is 5.56 Å². The lowest BCUT2D eigenvalue weighted by Crippen LogP contribution is -2.32. The predicted octanol–water partition coefficient (Wildman–Crippen LogP) is 2.69. The van der Waals surface area contributed by atoms with Crippen molar-refractivity contribution in [1.82, 2.24) is 0 Å². The molecule has 0 heterocycles. The van der Waals surface area contributed by atoms with Gasteiger partial charge in [0.1, 0.15) is 5.82 Å². The van der Waals surface area contributed by atoms with Gasteiger partial charge in [-0.15, -0.1) is 0 Å². The normalized spacial score (nSPS) is 17.1. The fourth-order valence-corrected chi connectivity index (χ4v) is 2.19. The van der Waals surface area contributed by atoms with E-state index in [4.69, 9.17) is 4.74 Å². The maximum absolute atomic E-state index is 13.5. The van der Waals surface area contributed by atoms with Gasteiger partial charge in [0.05, 0.1) is 12.1 Å². The first kappa shape index (κ1) is 12.0. The molecule has 2 rings (SSSR count). The van der Waals surface area contributed by atoms with Crippen molar-refractivity contribution in [2.75, 3.05) is 7.11 Å². The molecule has 1 fully saturated rings. The summed E-state index contributed by atoms with van der Waals surface area (Å²) in [5, 5.41) is 0. The minimum Gasteiger partial charge on any atom is -0.380 e. The van der Waals surface area contributed by atoms with E-state index in [-0.39, 0.29) is 12.4 Å². The maximum Gasteiger partial charge on any atom is 0.235 e.